The van der Waals surface area contributed by atoms with Crippen LogP contribution in [0.1, 0.15) is 124 Å². The summed E-state index contributed by atoms with van der Waals surface area (Å²) in [5.41, 5.74) is 0. The number of aliphatic hydroxyl groups excluding tert-OH is 1. The molecule has 0 saturated carbocycles. The van der Waals surface area contributed by atoms with Gasteiger partial charge < -0.3 is 9.84 Å². The molecule has 0 aromatic rings. The zero-order chi connectivity index (χ0) is 23.7. The van der Waals surface area contributed by atoms with E-state index in [1.54, 1.807) is 0 Å². The molecule has 0 aromatic heterocycles. The van der Waals surface area contributed by atoms with Gasteiger partial charge in [-0.3, -0.25) is 4.79 Å². The van der Waals surface area contributed by atoms with Crippen LogP contribution in [0.25, 0.3) is 0 Å². The van der Waals surface area contributed by atoms with Gasteiger partial charge in [0.05, 0.1) is 20.0 Å². The van der Waals surface area contributed by atoms with Gasteiger partial charge in [0.1, 0.15) is 0 Å². The summed E-state index contributed by atoms with van der Waals surface area (Å²) in [6.07, 6.45) is 19.8. The van der Waals surface area contributed by atoms with Gasteiger partial charge in [0.15, 0.2) is 0 Å². The minimum absolute atomic E-state index is 0.0115. The van der Waals surface area contributed by atoms with Crippen LogP contribution in [-0.2, 0) is 14.2 Å². The summed E-state index contributed by atoms with van der Waals surface area (Å²) < 4.78 is 12.6. The molecule has 4 heteroatoms. The SMILES string of the molecule is C=CCCCC.CCCCCCOC(=O)CCCCCC.[C-]#[O+].[CH2+]CCCCCO. The van der Waals surface area contributed by atoms with Crippen molar-refractivity contribution in [2.24, 2.45) is 0 Å². The zero-order valence-corrected chi connectivity index (χ0v) is 20.4. The fourth-order valence-corrected chi connectivity index (χ4v) is 2.30. The molecule has 30 heavy (non-hydrogen) atoms. The molecule has 0 bridgehead atoms. The number of hydrogen-bond donors (Lipinski definition) is 1. The number of esters is 1. The van der Waals surface area contributed by atoms with Crippen molar-refractivity contribution < 1.29 is 19.3 Å². The Morgan fingerprint density at radius 2 is 1.43 bits per heavy atom. The number of ether oxygens (including phenoxy) is 1. The van der Waals surface area contributed by atoms with E-state index in [0.717, 1.165) is 44.9 Å². The van der Waals surface area contributed by atoms with Crippen LogP contribution in [0.4, 0.5) is 0 Å². The molecule has 178 valence electrons. The smallest absolute Gasteiger partial charge is 0.0850 e. The van der Waals surface area contributed by atoms with Gasteiger partial charge in [0.2, 0.25) is 0 Å². The molecule has 0 aromatic carbocycles. The van der Waals surface area contributed by atoms with Crippen molar-refractivity contribution in [1.29, 1.82) is 0 Å². The molecule has 0 aliphatic rings. The first-order valence-corrected chi connectivity index (χ1v) is 12.0. The average Bonchev–Trinajstić information content (AvgIpc) is 2.78. The number of rotatable bonds is 17. The second-order valence-electron chi connectivity index (χ2n) is 7.16. The quantitative estimate of drug-likeness (QED) is 0.0847. The van der Waals surface area contributed by atoms with Gasteiger partial charge in [-0.25, -0.2) is 0 Å². The number of carbonyl (C=O) groups excluding carboxylic acids is 1. The van der Waals surface area contributed by atoms with Crippen molar-refractivity contribution in [3.63, 3.8) is 0 Å². The van der Waals surface area contributed by atoms with Gasteiger partial charge >= 0.3 is 17.3 Å². The Bertz CT molecular complexity index is 309. The molecular formula is C26H51O4+. The standard InChI is InChI=1S/C13H26O2.C6H13O.C6H12.CO/c1-3-5-7-9-11-13(14)15-12-10-8-6-4-2;1-2-3-4-5-6-7;1-3-5-6-4-2;1-2/h3-12H2,1-2H3;7H,1-6H2;3H,1,4-6H2,2H3;/q;+1;;. The van der Waals surface area contributed by atoms with E-state index in [1.165, 1.54) is 51.4 Å². The average molecular weight is 428 g/mol. The van der Waals surface area contributed by atoms with Crippen molar-refractivity contribution in [3.05, 3.63) is 26.2 Å². The van der Waals surface area contributed by atoms with Gasteiger partial charge in [-0.2, -0.15) is 0 Å². The van der Waals surface area contributed by atoms with E-state index < -0.39 is 0 Å². The second kappa shape index (κ2) is 42.0. The predicted octanol–water partition coefficient (Wildman–Crippen LogP) is 7.78. The molecule has 0 saturated heterocycles. The van der Waals surface area contributed by atoms with Gasteiger partial charge in [0.25, 0.3) is 0 Å². The van der Waals surface area contributed by atoms with Crippen LogP contribution in [0, 0.1) is 13.6 Å². The molecule has 0 spiro atoms. The summed E-state index contributed by atoms with van der Waals surface area (Å²) >= 11 is 0. The first-order chi connectivity index (χ1) is 14.6. The molecule has 0 radical (unpaired) electrons. The molecule has 1 N–H and O–H groups in total. The summed E-state index contributed by atoms with van der Waals surface area (Å²) in [6.45, 7) is 19.3. The number of hydrogen-bond acceptors (Lipinski definition) is 3. The van der Waals surface area contributed by atoms with Crippen molar-refractivity contribution >= 4 is 5.97 Å². The van der Waals surface area contributed by atoms with E-state index in [1.807, 2.05) is 6.08 Å². The first kappa shape index (κ1) is 36.2. The van der Waals surface area contributed by atoms with Crippen LogP contribution in [0.5, 0.6) is 0 Å². The monoisotopic (exact) mass is 427 g/mol. The Morgan fingerprint density at radius 1 is 0.900 bits per heavy atom. The molecule has 0 atom stereocenters. The zero-order valence-electron chi connectivity index (χ0n) is 20.4. The van der Waals surface area contributed by atoms with Crippen LogP contribution in [-0.4, -0.2) is 24.3 Å². The topological polar surface area (TPSA) is 66.4 Å². The molecule has 0 aliphatic carbocycles. The summed E-state index contributed by atoms with van der Waals surface area (Å²) in [6, 6.07) is 0. The molecule has 0 unspecified atom stereocenters. The fourth-order valence-electron chi connectivity index (χ4n) is 2.30. The number of carbonyl (C=O) groups is 1. The van der Waals surface area contributed by atoms with Crippen LogP contribution in [0.3, 0.4) is 0 Å². The van der Waals surface area contributed by atoms with Crippen LogP contribution < -0.4 is 0 Å². The van der Waals surface area contributed by atoms with Crippen LogP contribution in [0.2, 0.25) is 0 Å². The Balaban J connectivity index is -0.000000187. The van der Waals surface area contributed by atoms with Crippen molar-refractivity contribution in [2.45, 2.75) is 124 Å². The molecule has 0 fully saturated rings. The van der Waals surface area contributed by atoms with Crippen molar-refractivity contribution in [2.75, 3.05) is 13.2 Å². The van der Waals surface area contributed by atoms with E-state index in [0.29, 0.717) is 19.6 Å². The third-order valence-corrected chi connectivity index (χ3v) is 4.17. The Labute approximate surface area is 188 Å². The summed E-state index contributed by atoms with van der Waals surface area (Å²) in [5.74, 6) is -0.0115. The Morgan fingerprint density at radius 3 is 1.87 bits per heavy atom. The van der Waals surface area contributed by atoms with Crippen molar-refractivity contribution in [3.8, 4) is 0 Å². The van der Waals surface area contributed by atoms with Crippen LogP contribution in [0.15, 0.2) is 12.7 Å². The van der Waals surface area contributed by atoms with E-state index in [9.17, 15) is 4.79 Å². The Kier molecular flexibility index (Phi) is 50.6. The fraction of sp³-hybridized carbons (Fsp3) is 0.808. The third-order valence-electron chi connectivity index (χ3n) is 4.17. The molecule has 0 rings (SSSR count). The van der Waals surface area contributed by atoms with Gasteiger partial charge in [-0.15, -0.1) is 6.58 Å². The maximum Gasteiger partial charge on any atom is 0.0850 e. The largest absolute Gasteiger partial charge is 0.396 e. The summed E-state index contributed by atoms with van der Waals surface area (Å²) in [5, 5.41) is 8.27. The van der Waals surface area contributed by atoms with E-state index in [4.69, 9.17) is 14.5 Å². The van der Waals surface area contributed by atoms with E-state index in [2.05, 4.69) is 40.9 Å². The van der Waals surface area contributed by atoms with Gasteiger partial charge in [0, 0.05) is 13.0 Å². The molecule has 4 nitrogen and oxygen atoms in total. The van der Waals surface area contributed by atoms with Gasteiger partial charge in [-0.1, -0.05) is 78.2 Å². The van der Waals surface area contributed by atoms with Crippen molar-refractivity contribution in [1.82, 2.24) is 0 Å². The normalized spacial score (nSPS) is 9.00. The number of allylic oxidation sites excluding steroid dienone is 1. The number of aliphatic hydroxyl groups is 1. The molecular weight excluding hydrogens is 376 g/mol. The predicted molar refractivity (Wildman–Crippen MR) is 128 cm³/mol. The molecule has 0 amide bonds. The summed E-state index contributed by atoms with van der Waals surface area (Å²) in [4.78, 5) is 11.2. The molecule has 0 aliphatic heterocycles. The summed E-state index contributed by atoms with van der Waals surface area (Å²) in [7, 11) is 0. The first-order valence-electron chi connectivity index (χ1n) is 12.0. The second-order valence-corrected chi connectivity index (χ2v) is 7.16. The minimum Gasteiger partial charge on any atom is -0.396 e. The van der Waals surface area contributed by atoms with Gasteiger partial charge in [-0.05, 0) is 38.5 Å². The van der Waals surface area contributed by atoms with E-state index >= 15 is 0 Å². The minimum atomic E-state index is -0.0115. The maximum absolute atomic E-state index is 11.2. The Hall–Kier alpha value is -1.22. The number of unbranched alkanes of at least 4 members (excludes halogenated alkanes) is 11. The van der Waals surface area contributed by atoms with Crippen LogP contribution >= 0.6 is 0 Å². The van der Waals surface area contributed by atoms with E-state index in [-0.39, 0.29) is 5.97 Å². The molecule has 0 heterocycles. The maximum atomic E-state index is 11.2. The third kappa shape index (κ3) is 50.5.